The third kappa shape index (κ3) is 2.15. The summed E-state index contributed by atoms with van der Waals surface area (Å²) in [5.41, 5.74) is 3.22. The minimum absolute atomic E-state index is 0.0880. The van der Waals surface area contributed by atoms with Crippen molar-refractivity contribution in [3.63, 3.8) is 0 Å². The van der Waals surface area contributed by atoms with E-state index in [0.717, 1.165) is 16.8 Å². The minimum atomic E-state index is -0.313. The Balaban J connectivity index is 1.71. The number of carbonyl (C=O) groups is 1. The van der Waals surface area contributed by atoms with Gasteiger partial charge in [-0.15, -0.1) is 0 Å². The third-order valence-electron chi connectivity index (χ3n) is 4.12. The monoisotopic (exact) mass is 292 g/mol. The fourth-order valence-electron chi connectivity index (χ4n) is 3.02. The molecule has 0 saturated heterocycles. The van der Waals surface area contributed by atoms with Crippen LogP contribution in [0.5, 0.6) is 0 Å². The van der Waals surface area contributed by atoms with Crippen molar-refractivity contribution in [1.82, 2.24) is 4.90 Å². The summed E-state index contributed by atoms with van der Waals surface area (Å²) in [4.78, 5) is 14.8. The molecule has 110 valence electrons. The number of benzene rings is 2. The Morgan fingerprint density at radius 3 is 2.68 bits per heavy atom. The molecule has 22 heavy (non-hydrogen) atoms. The molecule has 2 aromatic carbocycles. The van der Waals surface area contributed by atoms with Gasteiger partial charge in [-0.05, 0) is 17.2 Å². The highest BCUT2D eigenvalue weighted by molar-refractivity contribution is 5.87. The van der Waals surface area contributed by atoms with Crippen molar-refractivity contribution in [2.75, 3.05) is 11.6 Å². The molecule has 4 rings (SSSR count). The van der Waals surface area contributed by atoms with E-state index in [0.29, 0.717) is 19.6 Å². The zero-order chi connectivity index (χ0) is 14.9. The van der Waals surface area contributed by atoms with E-state index in [-0.39, 0.29) is 11.9 Å². The Labute approximate surface area is 128 Å². The van der Waals surface area contributed by atoms with Gasteiger partial charge in [-0.1, -0.05) is 53.8 Å². The van der Waals surface area contributed by atoms with E-state index in [1.54, 1.807) is 5.01 Å². The van der Waals surface area contributed by atoms with Crippen LogP contribution < -0.4 is 5.01 Å². The molecule has 2 aliphatic rings. The van der Waals surface area contributed by atoms with Crippen LogP contribution in [-0.4, -0.2) is 23.4 Å². The average molecular weight is 292 g/mol. The van der Waals surface area contributed by atoms with Gasteiger partial charge in [0, 0.05) is 13.1 Å². The van der Waals surface area contributed by atoms with Gasteiger partial charge in [0.05, 0.1) is 12.2 Å². The van der Waals surface area contributed by atoms with Crippen molar-refractivity contribution in [3.8, 4) is 0 Å². The molecular weight excluding hydrogens is 276 g/mol. The molecule has 2 aromatic rings. The maximum absolute atomic E-state index is 12.9. The standard InChI is InChI=1S/C17H16N4O/c22-17-16-10-18-19-21(16)15-9-5-4-8-14(15)12-20(17)11-13-6-2-1-3-7-13/h1-9,16H,10-12H2. The molecule has 0 aromatic heterocycles. The smallest absolute Gasteiger partial charge is 0.250 e. The minimum Gasteiger partial charge on any atom is -0.332 e. The lowest BCUT2D eigenvalue weighted by molar-refractivity contribution is -0.133. The molecule has 0 fully saturated rings. The maximum atomic E-state index is 12.9. The van der Waals surface area contributed by atoms with Crippen LogP contribution >= 0.6 is 0 Å². The number of amides is 1. The number of carbonyl (C=O) groups excluding carboxylic acids is 1. The van der Waals surface area contributed by atoms with E-state index in [1.807, 2.05) is 53.4 Å². The van der Waals surface area contributed by atoms with Crippen LogP contribution in [0.25, 0.3) is 0 Å². The number of rotatable bonds is 2. The number of para-hydroxylation sites is 1. The SMILES string of the molecule is O=C1C2CN=NN2c2ccccc2CN1Cc1ccccc1. The second-order valence-corrected chi connectivity index (χ2v) is 5.58. The van der Waals surface area contributed by atoms with E-state index in [1.165, 1.54) is 0 Å². The number of hydrogen-bond acceptors (Lipinski definition) is 4. The molecule has 0 radical (unpaired) electrons. The first-order valence-electron chi connectivity index (χ1n) is 7.40. The first-order valence-corrected chi connectivity index (χ1v) is 7.40. The number of nitrogens with zero attached hydrogens (tertiary/aromatic N) is 4. The fraction of sp³-hybridized carbons (Fsp3) is 0.235. The summed E-state index contributed by atoms with van der Waals surface area (Å²) < 4.78 is 0. The highest BCUT2D eigenvalue weighted by Crippen LogP contribution is 2.31. The predicted octanol–water partition coefficient (Wildman–Crippen LogP) is 2.78. The second-order valence-electron chi connectivity index (χ2n) is 5.58. The summed E-state index contributed by atoms with van der Waals surface area (Å²) in [5, 5.41) is 9.99. The van der Waals surface area contributed by atoms with Crippen LogP contribution in [0.4, 0.5) is 5.69 Å². The van der Waals surface area contributed by atoms with Gasteiger partial charge < -0.3 is 4.90 Å². The summed E-state index contributed by atoms with van der Waals surface area (Å²) >= 11 is 0. The predicted molar refractivity (Wildman–Crippen MR) is 83.1 cm³/mol. The average Bonchev–Trinajstić information content (AvgIpc) is 3.01. The highest BCUT2D eigenvalue weighted by Gasteiger charge is 2.37. The van der Waals surface area contributed by atoms with Crippen molar-refractivity contribution in [2.24, 2.45) is 10.3 Å². The molecule has 0 saturated carbocycles. The normalized spacial score (nSPS) is 19.8. The fourth-order valence-corrected chi connectivity index (χ4v) is 3.02. The topological polar surface area (TPSA) is 48.3 Å². The lowest BCUT2D eigenvalue weighted by atomic mass is 10.1. The molecule has 1 atom stereocenters. The van der Waals surface area contributed by atoms with E-state index in [9.17, 15) is 4.79 Å². The van der Waals surface area contributed by atoms with E-state index in [4.69, 9.17) is 0 Å². The van der Waals surface area contributed by atoms with Crippen LogP contribution in [0.2, 0.25) is 0 Å². The van der Waals surface area contributed by atoms with Gasteiger partial charge in [0.15, 0.2) is 6.04 Å². The first-order chi connectivity index (χ1) is 10.8. The lowest BCUT2D eigenvalue weighted by Gasteiger charge is -2.24. The Morgan fingerprint density at radius 1 is 1.05 bits per heavy atom. The molecule has 0 aliphatic carbocycles. The summed E-state index contributed by atoms with van der Waals surface area (Å²) in [7, 11) is 0. The first kappa shape index (κ1) is 13.0. The number of fused-ring (bicyclic) bond motifs is 3. The van der Waals surface area contributed by atoms with Gasteiger partial charge in [-0.3, -0.25) is 4.79 Å². The Hall–Kier alpha value is -2.69. The summed E-state index contributed by atoms with van der Waals surface area (Å²) in [5.74, 6) is 0.0880. The van der Waals surface area contributed by atoms with Gasteiger partial charge in [-0.2, -0.15) is 5.11 Å². The summed E-state index contributed by atoms with van der Waals surface area (Å²) in [6.45, 7) is 1.64. The molecule has 0 N–H and O–H groups in total. The molecule has 5 heteroatoms. The van der Waals surface area contributed by atoms with Crippen LogP contribution in [0.1, 0.15) is 11.1 Å². The molecular formula is C17H16N4O. The molecule has 2 aliphatic heterocycles. The quantitative estimate of drug-likeness (QED) is 0.854. The summed E-state index contributed by atoms with van der Waals surface area (Å²) in [6, 6.07) is 17.8. The van der Waals surface area contributed by atoms with Gasteiger partial charge in [0.25, 0.3) is 0 Å². The van der Waals surface area contributed by atoms with Gasteiger partial charge in [-0.25, -0.2) is 5.01 Å². The van der Waals surface area contributed by atoms with E-state index in [2.05, 4.69) is 16.4 Å². The maximum Gasteiger partial charge on any atom is 0.250 e. The van der Waals surface area contributed by atoms with Crippen LogP contribution in [-0.2, 0) is 17.9 Å². The third-order valence-corrected chi connectivity index (χ3v) is 4.12. The van der Waals surface area contributed by atoms with Crippen LogP contribution in [0.3, 0.4) is 0 Å². The number of anilines is 1. The molecule has 0 bridgehead atoms. The largest absolute Gasteiger partial charge is 0.332 e. The van der Waals surface area contributed by atoms with Crippen LogP contribution in [0.15, 0.2) is 64.9 Å². The number of hydrogen-bond donors (Lipinski definition) is 0. The lowest BCUT2D eigenvalue weighted by Crippen LogP contribution is -2.43. The Morgan fingerprint density at radius 2 is 1.82 bits per heavy atom. The molecule has 0 spiro atoms. The van der Waals surface area contributed by atoms with Gasteiger partial charge in [0.2, 0.25) is 5.91 Å². The zero-order valence-electron chi connectivity index (χ0n) is 12.1. The van der Waals surface area contributed by atoms with Crippen molar-refractivity contribution in [3.05, 3.63) is 65.7 Å². The van der Waals surface area contributed by atoms with Gasteiger partial charge in [0.1, 0.15) is 0 Å². The molecule has 2 heterocycles. The Kier molecular flexibility index (Phi) is 3.11. The van der Waals surface area contributed by atoms with E-state index >= 15 is 0 Å². The molecule has 1 unspecified atom stereocenters. The van der Waals surface area contributed by atoms with Crippen molar-refractivity contribution in [2.45, 2.75) is 19.1 Å². The Bertz CT molecular complexity index is 728. The van der Waals surface area contributed by atoms with Crippen molar-refractivity contribution >= 4 is 11.6 Å². The molecule has 5 nitrogen and oxygen atoms in total. The summed E-state index contributed by atoms with van der Waals surface area (Å²) in [6.07, 6.45) is 0. The van der Waals surface area contributed by atoms with Crippen LogP contribution in [0, 0.1) is 0 Å². The van der Waals surface area contributed by atoms with Gasteiger partial charge >= 0.3 is 0 Å². The second kappa shape index (κ2) is 5.26. The van der Waals surface area contributed by atoms with E-state index < -0.39 is 0 Å². The highest BCUT2D eigenvalue weighted by atomic mass is 16.2. The van der Waals surface area contributed by atoms with Crippen molar-refractivity contribution < 1.29 is 4.79 Å². The van der Waals surface area contributed by atoms with Crippen molar-refractivity contribution in [1.29, 1.82) is 0 Å². The zero-order valence-corrected chi connectivity index (χ0v) is 12.1. The molecule has 1 amide bonds.